The molecular formula is C26H25N5O3. The summed E-state index contributed by atoms with van der Waals surface area (Å²) >= 11 is 0. The molecule has 0 radical (unpaired) electrons. The Morgan fingerprint density at radius 1 is 1.06 bits per heavy atom. The molecule has 8 nitrogen and oxygen atoms in total. The van der Waals surface area contributed by atoms with Gasteiger partial charge in [-0.3, -0.25) is 14.2 Å². The van der Waals surface area contributed by atoms with Crippen molar-refractivity contribution in [2.24, 2.45) is 0 Å². The summed E-state index contributed by atoms with van der Waals surface area (Å²) in [6, 6.07) is 13.4. The summed E-state index contributed by atoms with van der Waals surface area (Å²) in [5.74, 6) is 2.26. The van der Waals surface area contributed by atoms with Crippen molar-refractivity contribution < 1.29 is 14.3 Å². The molecule has 34 heavy (non-hydrogen) atoms. The Kier molecular flexibility index (Phi) is 5.63. The van der Waals surface area contributed by atoms with Crippen molar-refractivity contribution in [2.75, 3.05) is 19.0 Å². The fourth-order valence-electron chi connectivity index (χ4n) is 3.97. The molecule has 0 spiro atoms. The standard InChI is InChI=1S/C26H25N5O3/c1-4-13-34-20-9-11-30-22(17(2)32)15-21(23(30)14-20)25-26(31-12-10-27-16-24(31)29-25)28-18-5-7-19(33-3)8-6-18/h5-12,14-16,28H,4,13H2,1-3H3. The Labute approximate surface area is 196 Å². The van der Waals surface area contributed by atoms with Crippen LogP contribution in [0.2, 0.25) is 0 Å². The van der Waals surface area contributed by atoms with Crippen LogP contribution in [0, 0.1) is 0 Å². The lowest BCUT2D eigenvalue weighted by Crippen LogP contribution is -1.99. The average molecular weight is 456 g/mol. The van der Waals surface area contributed by atoms with Crippen molar-refractivity contribution >= 4 is 28.5 Å². The molecule has 5 aromatic rings. The lowest BCUT2D eigenvalue weighted by Gasteiger charge is -2.10. The second kappa shape index (κ2) is 8.90. The number of ether oxygens (including phenoxy) is 2. The van der Waals surface area contributed by atoms with Gasteiger partial charge in [0.2, 0.25) is 0 Å². The highest BCUT2D eigenvalue weighted by Gasteiger charge is 2.21. The first-order valence-corrected chi connectivity index (χ1v) is 11.1. The highest BCUT2D eigenvalue weighted by molar-refractivity contribution is 5.99. The Hall–Kier alpha value is -4.33. The molecule has 0 saturated carbocycles. The number of carbonyl (C=O) groups is 1. The maximum Gasteiger partial charge on any atom is 0.176 e. The van der Waals surface area contributed by atoms with Crippen molar-refractivity contribution in [3.8, 4) is 22.8 Å². The highest BCUT2D eigenvalue weighted by atomic mass is 16.5. The maximum absolute atomic E-state index is 12.5. The fraction of sp³-hybridized carbons (Fsp3) is 0.192. The van der Waals surface area contributed by atoms with E-state index in [1.807, 2.05) is 63.7 Å². The van der Waals surface area contributed by atoms with E-state index < -0.39 is 0 Å². The first-order valence-electron chi connectivity index (χ1n) is 11.1. The predicted molar refractivity (Wildman–Crippen MR) is 131 cm³/mol. The summed E-state index contributed by atoms with van der Waals surface area (Å²) in [6.45, 7) is 4.25. The molecular weight excluding hydrogens is 430 g/mol. The van der Waals surface area contributed by atoms with Crippen molar-refractivity contribution in [3.63, 3.8) is 0 Å². The first-order chi connectivity index (χ1) is 16.6. The van der Waals surface area contributed by atoms with Crippen LogP contribution in [0.1, 0.15) is 30.8 Å². The van der Waals surface area contributed by atoms with Crippen LogP contribution in [0.4, 0.5) is 11.5 Å². The molecule has 5 rings (SSSR count). The zero-order valence-electron chi connectivity index (χ0n) is 19.3. The SMILES string of the molecule is CCCOc1ccn2c(C(C)=O)cc(-c3nc4cnccn4c3Nc3ccc(OC)cc3)c2c1. The molecule has 0 saturated heterocycles. The van der Waals surface area contributed by atoms with Gasteiger partial charge < -0.3 is 19.2 Å². The molecule has 1 N–H and O–H groups in total. The predicted octanol–water partition coefficient (Wildman–Crippen LogP) is 5.39. The Balaban J connectivity index is 1.71. The molecule has 0 fully saturated rings. The van der Waals surface area contributed by atoms with Gasteiger partial charge in [0.05, 0.1) is 31.1 Å². The van der Waals surface area contributed by atoms with Crippen LogP contribution in [-0.4, -0.2) is 38.3 Å². The van der Waals surface area contributed by atoms with Gasteiger partial charge in [0.25, 0.3) is 0 Å². The van der Waals surface area contributed by atoms with Crippen LogP contribution in [0.25, 0.3) is 22.4 Å². The monoisotopic (exact) mass is 455 g/mol. The average Bonchev–Trinajstić information content (AvgIpc) is 3.41. The smallest absolute Gasteiger partial charge is 0.176 e. The molecule has 0 bridgehead atoms. The topological polar surface area (TPSA) is 82.2 Å². The summed E-state index contributed by atoms with van der Waals surface area (Å²) in [4.78, 5) is 21.6. The van der Waals surface area contributed by atoms with E-state index in [1.54, 1.807) is 26.4 Å². The number of methoxy groups -OCH3 is 1. The molecule has 0 aliphatic rings. The Morgan fingerprint density at radius 3 is 2.62 bits per heavy atom. The third-order valence-electron chi connectivity index (χ3n) is 5.61. The summed E-state index contributed by atoms with van der Waals surface area (Å²) in [7, 11) is 1.64. The van der Waals surface area contributed by atoms with E-state index in [9.17, 15) is 4.79 Å². The minimum Gasteiger partial charge on any atom is -0.497 e. The number of anilines is 2. The normalized spacial score (nSPS) is 11.1. The van der Waals surface area contributed by atoms with E-state index in [2.05, 4.69) is 17.2 Å². The lowest BCUT2D eigenvalue weighted by atomic mass is 10.1. The number of aromatic nitrogens is 4. The fourth-order valence-corrected chi connectivity index (χ4v) is 3.97. The zero-order chi connectivity index (χ0) is 23.7. The van der Waals surface area contributed by atoms with Gasteiger partial charge in [0.1, 0.15) is 23.0 Å². The number of nitrogens with zero attached hydrogens (tertiary/aromatic N) is 4. The Morgan fingerprint density at radius 2 is 1.88 bits per heavy atom. The lowest BCUT2D eigenvalue weighted by molar-refractivity contribution is 0.101. The largest absolute Gasteiger partial charge is 0.497 e. The number of carbonyl (C=O) groups excluding carboxylic acids is 1. The van der Waals surface area contributed by atoms with Gasteiger partial charge in [-0.2, -0.15) is 0 Å². The van der Waals surface area contributed by atoms with Gasteiger partial charge in [-0.15, -0.1) is 0 Å². The van der Waals surface area contributed by atoms with E-state index >= 15 is 0 Å². The number of ketones is 1. The van der Waals surface area contributed by atoms with Crippen molar-refractivity contribution in [1.82, 2.24) is 18.8 Å². The van der Waals surface area contributed by atoms with Crippen LogP contribution in [-0.2, 0) is 0 Å². The molecule has 8 heteroatoms. The number of hydrogen-bond acceptors (Lipinski definition) is 6. The number of Topliss-reactive ketones (excluding diaryl/α,β-unsaturated/α-hetero) is 1. The number of pyridine rings is 1. The third kappa shape index (κ3) is 3.83. The number of benzene rings is 1. The number of imidazole rings is 1. The minimum absolute atomic E-state index is 0.0291. The van der Waals surface area contributed by atoms with Gasteiger partial charge in [-0.25, -0.2) is 4.98 Å². The molecule has 0 amide bonds. The molecule has 0 unspecified atom stereocenters. The van der Waals surface area contributed by atoms with Crippen molar-refractivity contribution in [2.45, 2.75) is 20.3 Å². The van der Waals surface area contributed by atoms with Crippen LogP contribution < -0.4 is 14.8 Å². The van der Waals surface area contributed by atoms with Gasteiger partial charge in [-0.05, 0) is 42.8 Å². The number of fused-ring (bicyclic) bond motifs is 2. The van der Waals surface area contributed by atoms with Crippen molar-refractivity contribution in [3.05, 3.63) is 72.9 Å². The molecule has 4 heterocycles. The van der Waals surface area contributed by atoms with Crippen LogP contribution in [0.15, 0.2) is 67.3 Å². The van der Waals surface area contributed by atoms with E-state index in [0.717, 1.165) is 40.5 Å². The van der Waals surface area contributed by atoms with Crippen LogP contribution >= 0.6 is 0 Å². The van der Waals surface area contributed by atoms with Gasteiger partial charge in [-0.1, -0.05) is 6.92 Å². The highest BCUT2D eigenvalue weighted by Crippen LogP contribution is 2.36. The zero-order valence-corrected chi connectivity index (χ0v) is 19.3. The van der Waals surface area contributed by atoms with Gasteiger partial charge in [0.15, 0.2) is 11.4 Å². The summed E-state index contributed by atoms with van der Waals surface area (Å²) in [5, 5.41) is 3.49. The summed E-state index contributed by atoms with van der Waals surface area (Å²) in [5.41, 5.74) is 4.53. The molecule has 0 atom stereocenters. The second-order valence-corrected chi connectivity index (χ2v) is 7.93. The number of hydrogen-bond donors (Lipinski definition) is 1. The summed E-state index contributed by atoms with van der Waals surface area (Å²) in [6.07, 6.45) is 8.06. The van der Waals surface area contributed by atoms with Crippen molar-refractivity contribution in [1.29, 1.82) is 0 Å². The minimum atomic E-state index is -0.0291. The van der Waals surface area contributed by atoms with Gasteiger partial charge >= 0.3 is 0 Å². The number of rotatable bonds is 8. The van der Waals surface area contributed by atoms with Gasteiger partial charge in [0, 0.05) is 42.8 Å². The molecule has 1 aromatic carbocycles. The molecule has 172 valence electrons. The van der Waals surface area contributed by atoms with E-state index in [0.29, 0.717) is 23.6 Å². The van der Waals surface area contributed by atoms with Crippen LogP contribution in [0.5, 0.6) is 11.5 Å². The van der Waals surface area contributed by atoms with E-state index in [1.165, 1.54) is 0 Å². The third-order valence-corrected chi connectivity index (χ3v) is 5.61. The molecule has 4 aromatic heterocycles. The quantitative estimate of drug-likeness (QED) is 0.316. The Bertz CT molecular complexity index is 1480. The molecule has 0 aliphatic carbocycles. The molecule has 0 aliphatic heterocycles. The number of nitrogens with one attached hydrogen (secondary N) is 1. The first kappa shape index (κ1) is 21.5. The van der Waals surface area contributed by atoms with E-state index in [4.69, 9.17) is 14.5 Å². The second-order valence-electron chi connectivity index (χ2n) is 7.93. The maximum atomic E-state index is 12.5. The van der Waals surface area contributed by atoms with E-state index in [-0.39, 0.29) is 5.78 Å². The summed E-state index contributed by atoms with van der Waals surface area (Å²) < 4.78 is 15.0. The van der Waals surface area contributed by atoms with Crippen LogP contribution in [0.3, 0.4) is 0 Å².